The van der Waals surface area contributed by atoms with E-state index in [4.69, 9.17) is 0 Å². The molecule has 0 radical (unpaired) electrons. The van der Waals surface area contributed by atoms with Crippen LogP contribution in [0.4, 0.5) is 22.0 Å². The Morgan fingerprint density at radius 3 is 2.06 bits per heavy atom. The van der Waals surface area contributed by atoms with Gasteiger partial charge in [-0.3, -0.25) is 0 Å². The van der Waals surface area contributed by atoms with Gasteiger partial charge in [-0.15, -0.1) is 13.2 Å². The highest BCUT2D eigenvalue weighted by molar-refractivity contribution is 5.91. The van der Waals surface area contributed by atoms with Gasteiger partial charge in [-0.25, -0.2) is 8.78 Å². The summed E-state index contributed by atoms with van der Waals surface area (Å²) in [6.45, 7) is 0. The highest BCUT2D eigenvalue weighted by Gasteiger charge is 2.32. The maximum absolute atomic E-state index is 12.7. The summed E-state index contributed by atoms with van der Waals surface area (Å²) in [5.41, 5.74) is -0.319. The van der Waals surface area contributed by atoms with Gasteiger partial charge in [0.15, 0.2) is 0 Å². The van der Waals surface area contributed by atoms with E-state index in [1.54, 1.807) is 0 Å². The van der Waals surface area contributed by atoms with Crippen molar-refractivity contribution < 1.29 is 26.7 Å². The number of ether oxygens (including phenoxy) is 1. The molecule has 0 aliphatic rings. The molecule has 1 nitrogen and oxygen atoms in total. The van der Waals surface area contributed by atoms with Crippen LogP contribution >= 0.6 is 0 Å². The molecule has 0 heterocycles. The zero-order chi connectivity index (χ0) is 13.3. The third-order valence-corrected chi connectivity index (χ3v) is 2.38. The number of alkyl halides is 5. The van der Waals surface area contributed by atoms with Crippen LogP contribution < -0.4 is 4.74 Å². The van der Waals surface area contributed by atoms with E-state index in [2.05, 4.69) is 4.74 Å². The fourth-order valence-corrected chi connectivity index (χ4v) is 1.70. The van der Waals surface area contributed by atoms with Crippen LogP contribution in [0.3, 0.4) is 0 Å². The first kappa shape index (κ1) is 12.6. The first-order valence-corrected chi connectivity index (χ1v) is 4.94. The summed E-state index contributed by atoms with van der Waals surface area (Å²) in [6, 6.07) is 7.42. The van der Waals surface area contributed by atoms with Gasteiger partial charge in [0.05, 0.1) is 0 Å². The van der Waals surface area contributed by atoms with Crippen LogP contribution in [0.5, 0.6) is 5.75 Å². The average Bonchev–Trinajstić information content (AvgIpc) is 2.27. The van der Waals surface area contributed by atoms with E-state index in [1.807, 2.05) is 0 Å². The lowest BCUT2D eigenvalue weighted by Crippen LogP contribution is -2.17. The predicted octanol–water partition coefficient (Wildman–Crippen LogP) is 4.68. The summed E-state index contributed by atoms with van der Waals surface area (Å²) >= 11 is 0. The van der Waals surface area contributed by atoms with Crippen LogP contribution in [-0.4, -0.2) is 6.36 Å². The molecule has 18 heavy (non-hydrogen) atoms. The lowest BCUT2D eigenvalue weighted by atomic mass is 10.0. The number of rotatable bonds is 2. The Balaban J connectivity index is 2.61. The van der Waals surface area contributed by atoms with Gasteiger partial charge in [0.1, 0.15) is 5.75 Å². The molecule has 6 heteroatoms. The van der Waals surface area contributed by atoms with Crippen LogP contribution in [0, 0.1) is 0 Å². The normalized spacial score (nSPS) is 12.1. The lowest BCUT2D eigenvalue weighted by molar-refractivity contribution is -0.274. The van der Waals surface area contributed by atoms with Crippen molar-refractivity contribution in [1.82, 2.24) is 0 Å². The van der Waals surface area contributed by atoms with E-state index in [0.717, 1.165) is 12.1 Å². The van der Waals surface area contributed by atoms with Gasteiger partial charge in [-0.2, -0.15) is 0 Å². The van der Waals surface area contributed by atoms with Crippen molar-refractivity contribution in [3.8, 4) is 5.75 Å². The van der Waals surface area contributed by atoms with E-state index in [-0.39, 0.29) is 16.3 Å². The van der Waals surface area contributed by atoms with Gasteiger partial charge in [0, 0.05) is 10.9 Å². The van der Waals surface area contributed by atoms with E-state index < -0.39 is 18.5 Å². The van der Waals surface area contributed by atoms with Crippen LogP contribution in [0.25, 0.3) is 10.8 Å². The summed E-state index contributed by atoms with van der Waals surface area (Å²) in [5.74, 6) is -0.484. The zero-order valence-corrected chi connectivity index (χ0v) is 8.84. The smallest absolute Gasteiger partial charge is 0.405 e. The largest absolute Gasteiger partial charge is 0.573 e. The first-order chi connectivity index (χ1) is 8.38. The molecule has 0 unspecified atom stereocenters. The van der Waals surface area contributed by atoms with Gasteiger partial charge >= 0.3 is 6.36 Å². The maximum Gasteiger partial charge on any atom is 0.573 e. The summed E-state index contributed by atoms with van der Waals surface area (Å²) in [6.07, 6.45) is -7.61. The number of fused-ring (bicyclic) bond motifs is 1. The molecule has 0 spiro atoms. The SMILES string of the molecule is FC(F)c1ccc(OC(F)(F)F)c2ccccc12. The number of benzene rings is 2. The van der Waals surface area contributed by atoms with E-state index in [9.17, 15) is 22.0 Å². The quantitative estimate of drug-likeness (QED) is 0.714. The molecule has 2 rings (SSSR count). The molecule has 0 atom stereocenters. The van der Waals surface area contributed by atoms with Crippen molar-refractivity contribution in [2.24, 2.45) is 0 Å². The molecule has 0 aliphatic carbocycles. The standard InChI is InChI=1S/C12H7F5O/c13-11(14)9-5-6-10(18-12(15,16)17)8-4-2-1-3-7(8)9/h1-6,11H. The topological polar surface area (TPSA) is 9.23 Å². The fraction of sp³-hybridized carbons (Fsp3) is 0.167. The second-order valence-electron chi connectivity index (χ2n) is 3.55. The van der Waals surface area contributed by atoms with Gasteiger partial charge in [0.2, 0.25) is 0 Å². The molecule has 0 amide bonds. The summed E-state index contributed by atoms with van der Waals surface area (Å²) < 4.78 is 65.7. The molecule has 0 N–H and O–H groups in total. The van der Waals surface area contributed by atoms with Crippen LogP contribution in [0.2, 0.25) is 0 Å². The van der Waals surface area contributed by atoms with Crippen LogP contribution in [0.15, 0.2) is 36.4 Å². The minimum atomic E-state index is -4.85. The molecule has 96 valence electrons. The molecule has 2 aromatic rings. The molecule has 0 saturated heterocycles. The fourth-order valence-electron chi connectivity index (χ4n) is 1.70. The Hall–Kier alpha value is -1.85. The molecule has 2 aromatic carbocycles. The molecular weight excluding hydrogens is 255 g/mol. The number of halogens is 5. The third-order valence-electron chi connectivity index (χ3n) is 2.38. The van der Waals surface area contributed by atoms with E-state index >= 15 is 0 Å². The average molecular weight is 262 g/mol. The Bertz CT molecular complexity index is 562. The molecule has 0 aliphatic heterocycles. The van der Waals surface area contributed by atoms with Crippen LogP contribution in [0.1, 0.15) is 12.0 Å². The second-order valence-corrected chi connectivity index (χ2v) is 3.55. The lowest BCUT2D eigenvalue weighted by Gasteiger charge is -2.13. The first-order valence-electron chi connectivity index (χ1n) is 4.94. The molecular formula is C12H7F5O. The summed E-state index contributed by atoms with van der Waals surface area (Å²) in [7, 11) is 0. The highest BCUT2D eigenvalue weighted by Crippen LogP contribution is 2.35. The predicted molar refractivity (Wildman–Crippen MR) is 55.6 cm³/mol. The molecule has 0 aromatic heterocycles. The molecule has 0 fully saturated rings. The maximum atomic E-state index is 12.7. The van der Waals surface area contributed by atoms with Crippen molar-refractivity contribution in [1.29, 1.82) is 0 Å². The molecule has 0 saturated carbocycles. The third kappa shape index (κ3) is 2.52. The van der Waals surface area contributed by atoms with Crippen molar-refractivity contribution >= 4 is 10.8 Å². The minimum Gasteiger partial charge on any atom is -0.405 e. The summed E-state index contributed by atoms with van der Waals surface area (Å²) in [5, 5.41) is 0.0573. The second kappa shape index (κ2) is 4.44. The van der Waals surface area contributed by atoms with Gasteiger partial charge in [0.25, 0.3) is 6.43 Å². The highest BCUT2D eigenvalue weighted by atomic mass is 19.4. The summed E-state index contributed by atoms with van der Waals surface area (Å²) in [4.78, 5) is 0. The van der Waals surface area contributed by atoms with E-state index in [0.29, 0.717) is 0 Å². The monoisotopic (exact) mass is 262 g/mol. The molecule has 0 bridgehead atoms. The zero-order valence-electron chi connectivity index (χ0n) is 8.84. The van der Waals surface area contributed by atoms with Crippen molar-refractivity contribution in [3.63, 3.8) is 0 Å². The Morgan fingerprint density at radius 2 is 1.50 bits per heavy atom. The Labute approximate surface area is 98.8 Å². The number of hydrogen-bond acceptors (Lipinski definition) is 1. The Morgan fingerprint density at radius 1 is 0.889 bits per heavy atom. The number of hydrogen-bond donors (Lipinski definition) is 0. The van der Waals surface area contributed by atoms with E-state index in [1.165, 1.54) is 24.3 Å². The van der Waals surface area contributed by atoms with Crippen LogP contribution in [-0.2, 0) is 0 Å². The van der Waals surface area contributed by atoms with Gasteiger partial charge in [-0.05, 0) is 17.5 Å². The van der Waals surface area contributed by atoms with Crippen molar-refractivity contribution in [3.05, 3.63) is 42.0 Å². The Kier molecular flexibility index (Phi) is 3.11. The van der Waals surface area contributed by atoms with Gasteiger partial charge < -0.3 is 4.74 Å². The van der Waals surface area contributed by atoms with Crippen molar-refractivity contribution in [2.45, 2.75) is 12.8 Å². The van der Waals surface area contributed by atoms with Crippen molar-refractivity contribution in [2.75, 3.05) is 0 Å². The minimum absolute atomic E-state index is 0.00706. The van der Waals surface area contributed by atoms with Gasteiger partial charge in [-0.1, -0.05) is 24.3 Å².